The van der Waals surface area contributed by atoms with Crippen molar-refractivity contribution < 1.29 is 19.0 Å². The van der Waals surface area contributed by atoms with Gasteiger partial charge in [-0.15, -0.1) is 0 Å². The molecule has 1 N–H and O–H groups in total. The first-order valence-corrected chi connectivity index (χ1v) is 6.14. The maximum Gasteiger partial charge on any atom is 0.329 e. The van der Waals surface area contributed by atoms with Crippen LogP contribution in [0.5, 0.6) is 0 Å². The van der Waals surface area contributed by atoms with Crippen molar-refractivity contribution in [3.8, 4) is 0 Å². The second-order valence-corrected chi connectivity index (χ2v) is 4.26. The first kappa shape index (κ1) is 14.4. The summed E-state index contributed by atoms with van der Waals surface area (Å²) in [6, 6.07) is 0. The lowest BCUT2D eigenvalue weighted by atomic mass is 9.94. The molecule has 0 bridgehead atoms. The van der Waals surface area contributed by atoms with Gasteiger partial charge in [0.1, 0.15) is 5.54 Å². The molecule has 0 saturated heterocycles. The van der Waals surface area contributed by atoms with E-state index in [2.05, 4.69) is 5.32 Å². The summed E-state index contributed by atoms with van der Waals surface area (Å²) >= 11 is 0. The highest BCUT2D eigenvalue weighted by molar-refractivity contribution is 5.82. The van der Waals surface area contributed by atoms with Crippen LogP contribution in [0.4, 0.5) is 0 Å². The van der Waals surface area contributed by atoms with Crippen LogP contribution in [0, 0.1) is 5.92 Å². The predicted octanol–water partition coefficient (Wildman–Crippen LogP) is 0.581. The van der Waals surface area contributed by atoms with Crippen molar-refractivity contribution in [1.29, 1.82) is 0 Å². The summed E-state index contributed by atoms with van der Waals surface area (Å²) in [4.78, 5) is 12.0. The highest BCUT2D eigenvalue weighted by Gasteiger charge is 2.51. The van der Waals surface area contributed by atoms with Gasteiger partial charge < -0.3 is 19.5 Å². The number of hydrogen-bond acceptors (Lipinski definition) is 5. The van der Waals surface area contributed by atoms with E-state index < -0.39 is 5.54 Å². The van der Waals surface area contributed by atoms with E-state index in [1.54, 1.807) is 14.2 Å². The Labute approximate surface area is 103 Å². The Morgan fingerprint density at radius 2 is 2.12 bits per heavy atom. The summed E-state index contributed by atoms with van der Waals surface area (Å²) in [6.07, 6.45) is 2.10. The molecule has 0 radical (unpaired) electrons. The van der Waals surface area contributed by atoms with Gasteiger partial charge >= 0.3 is 5.97 Å². The first-order chi connectivity index (χ1) is 8.21. The van der Waals surface area contributed by atoms with E-state index in [1.807, 2.05) is 6.92 Å². The highest BCUT2D eigenvalue weighted by atomic mass is 16.5. The highest BCUT2D eigenvalue weighted by Crippen LogP contribution is 2.40. The molecule has 1 atom stereocenters. The number of likely N-dealkylation sites (N-methyl/N-ethyl adjacent to an activating group) is 1. The molecule has 0 aromatic carbocycles. The molecule has 0 amide bonds. The summed E-state index contributed by atoms with van der Waals surface area (Å²) in [6.45, 7) is 3.58. The van der Waals surface area contributed by atoms with Crippen molar-refractivity contribution in [1.82, 2.24) is 5.32 Å². The molecule has 0 aromatic heterocycles. The van der Waals surface area contributed by atoms with Gasteiger partial charge in [-0.3, -0.25) is 0 Å². The Balaban J connectivity index is 2.54. The lowest BCUT2D eigenvalue weighted by Gasteiger charge is -2.30. The molecule has 17 heavy (non-hydrogen) atoms. The first-order valence-electron chi connectivity index (χ1n) is 6.14. The Morgan fingerprint density at radius 1 is 1.41 bits per heavy atom. The third kappa shape index (κ3) is 3.66. The van der Waals surface area contributed by atoms with Gasteiger partial charge in [0.25, 0.3) is 0 Å². The molecule has 1 aliphatic rings. The smallest absolute Gasteiger partial charge is 0.329 e. The molecule has 0 aromatic rings. The predicted molar refractivity (Wildman–Crippen MR) is 63.8 cm³/mol. The Morgan fingerprint density at radius 3 is 2.59 bits per heavy atom. The maximum absolute atomic E-state index is 12.0. The van der Waals surface area contributed by atoms with Crippen LogP contribution in [0.3, 0.4) is 0 Å². The second kappa shape index (κ2) is 6.93. The van der Waals surface area contributed by atoms with Crippen LogP contribution < -0.4 is 5.32 Å². The average Bonchev–Trinajstić information content (AvgIpc) is 3.14. The lowest BCUT2D eigenvalue weighted by molar-refractivity contribution is -0.155. The van der Waals surface area contributed by atoms with Gasteiger partial charge in [0, 0.05) is 7.11 Å². The van der Waals surface area contributed by atoms with Crippen molar-refractivity contribution in [3.63, 3.8) is 0 Å². The van der Waals surface area contributed by atoms with Crippen LogP contribution in [0.15, 0.2) is 0 Å². The molecule has 1 rings (SSSR count). The lowest BCUT2D eigenvalue weighted by Crippen LogP contribution is -2.57. The van der Waals surface area contributed by atoms with Gasteiger partial charge in [0.15, 0.2) is 0 Å². The zero-order chi connectivity index (χ0) is 12.7. The van der Waals surface area contributed by atoms with E-state index in [1.165, 1.54) is 0 Å². The van der Waals surface area contributed by atoms with Crippen molar-refractivity contribution in [2.24, 2.45) is 5.92 Å². The Bertz CT molecular complexity index is 243. The van der Waals surface area contributed by atoms with E-state index in [4.69, 9.17) is 14.2 Å². The van der Waals surface area contributed by atoms with Crippen LogP contribution in [0.1, 0.15) is 19.8 Å². The normalized spacial score (nSPS) is 18.8. The van der Waals surface area contributed by atoms with E-state index >= 15 is 0 Å². The zero-order valence-electron chi connectivity index (χ0n) is 11.0. The largest absolute Gasteiger partial charge is 0.465 e. The minimum absolute atomic E-state index is 0.206. The number of methoxy groups -OCH3 is 1. The molecule has 5 heteroatoms. The van der Waals surface area contributed by atoms with E-state index in [0.29, 0.717) is 32.3 Å². The summed E-state index contributed by atoms with van der Waals surface area (Å²) in [7, 11) is 3.41. The van der Waals surface area contributed by atoms with Crippen LogP contribution >= 0.6 is 0 Å². The number of rotatable bonds is 9. The Kier molecular flexibility index (Phi) is 5.88. The number of carbonyl (C=O) groups excluding carboxylic acids is 1. The fourth-order valence-corrected chi connectivity index (χ4v) is 1.93. The third-order valence-corrected chi connectivity index (χ3v) is 3.12. The van der Waals surface area contributed by atoms with Crippen LogP contribution in [0.25, 0.3) is 0 Å². The molecule has 100 valence electrons. The van der Waals surface area contributed by atoms with Crippen molar-refractivity contribution in [2.45, 2.75) is 25.3 Å². The standard InChI is InChI=1S/C12H23NO4/c1-4-17-11(14)12(13-2,10-5-6-10)9-16-8-7-15-3/h10,13H,4-9H2,1-3H3. The van der Waals surface area contributed by atoms with Crippen molar-refractivity contribution >= 4 is 5.97 Å². The molecule has 0 heterocycles. The molecule has 1 aliphatic carbocycles. The number of hydrogen-bond donors (Lipinski definition) is 1. The van der Waals surface area contributed by atoms with Gasteiger partial charge in [-0.05, 0) is 32.7 Å². The number of esters is 1. The molecule has 1 saturated carbocycles. The fourth-order valence-electron chi connectivity index (χ4n) is 1.93. The summed E-state index contributed by atoms with van der Waals surface area (Å²) in [5.74, 6) is 0.122. The molecule has 1 unspecified atom stereocenters. The summed E-state index contributed by atoms with van der Waals surface area (Å²) in [5.41, 5.74) is -0.677. The molecule has 1 fully saturated rings. The fraction of sp³-hybridized carbons (Fsp3) is 0.917. The number of ether oxygens (including phenoxy) is 3. The molecular formula is C12H23NO4. The average molecular weight is 245 g/mol. The van der Waals surface area contributed by atoms with Crippen molar-refractivity contribution in [2.75, 3.05) is 40.6 Å². The van der Waals surface area contributed by atoms with Crippen LogP contribution in [-0.2, 0) is 19.0 Å². The van der Waals surface area contributed by atoms with E-state index in [-0.39, 0.29) is 5.97 Å². The SMILES string of the molecule is CCOC(=O)C(COCCOC)(NC)C1CC1. The third-order valence-electron chi connectivity index (χ3n) is 3.12. The minimum Gasteiger partial charge on any atom is -0.465 e. The Hall–Kier alpha value is -0.650. The van der Waals surface area contributed by atoms with E-state index in [9.17, 15) is 4.79 Å². The monoisotopic (exact) mass is 245 g/mol. The second-order valence-electron chi connectivity index (χ2n) is 4.26. The zero-order valence-corrected chi connectivity index (χ0v) is 11.0. The van der Waals surface area contributed by atoms with E-state index in [0.717, 1.165) is 12.8 Å². The summed E-state index contributed by atoms with van der Waals surface area (Å²) < 4.78 is 15.6. The van der Waals surface area contributed by atoms with Gasteiger partial charge in [-0.2, -0.15) is 0 Å². The minimum atomic E-state index is -0.677. The quantitative estimate of drug-likeness (QED) is 0.476. The summed E-state index contributed by atoms with van der Waals surface area (Å²) in [5, 5.41) is 3.10. The van der Waals surface area contributed by atoms with Crippen LogP contribution in [0.2, 0.25) is 0 Å². The number of nitrogens with one attached hydrogen (secondary N) is 1. The van der Waals surface area contributed by atoms with Gasteiger partial charge in [-0.25, -0.2) is 4.79 Å². The molecule has 0 spiro atoms. The van der Waals surface area contributed by atoms with Gasteiger partial charge in [0.05, 0.1) is 26.4 Å². The number of carbonyl (C=O) groups is 1. The van der Waals surface area contributed by atoms with Gasteiger partial charge in [0.2, 0.25) is 0 Å². The van der Waals surface area contributed by atoms with Gasteiger partial charge in [-0.1, -0.05) is 0 Å². The molecular weight excluding hydrogens is 222 g/mol. The van der Waals surface area contributed by atoms with Crippen molar-refractivity contribution in [3.05, 3.63) is 0 Å². The maximum atomic E-state index is 12.0. The molecule has 0 aliphatic heterocycles. The molecule has 5 nitrogen and oxygen atoms in total. The topological polar surface area (TPSA) is 56.8 Å². The van der Waals surface area contributed by atoms with Crippen LogP contribution in [-0.4, -0.2) is 52.1 Å².